The number of ketones is 1. The van der Waals surface area contributed by atoms with E-state index in [1.54, 1.807) is 19.1 Å². The van der Waals surface area contributed by atoms with Crippen LogP contribution in [0.4, 0.5) is 13.2 Å². The van der Waals surface area contributed by atoms with Crippen LogP contribution in [0.15, 0.2) is 36.4 Å². The van der Waals surface area contributed by atoms with E-state index in [9.17, 15) is 18.0 Å². The van der Waals surface area contributed by atoms with Gasteiger partial charge in [0, 0.05) is 12.0 Å². The molecule has 4 heteroatoms. The smallest absolute Gasteiger partial charge is 0.159 e. The molecule has 0 bridgehead atoms. The Hall–Kier alpha value is -2.10. The third-order valence-electron chi connectivity index (χ3n) is 3.76. The van der Waals surface area contributed by atoms with Crippen LogP contribution in [0.1, 0.15) is 38.2 Å². The van der Waals surface area contributed by atoms with Gasteiger partial charge in [0.2, 0.25) is 0 Å². The van der Waals surface area contributed by atoms with Gasteiger partial charge in [-0.3, -0.25) is 0 Å². The summed E-state index contributed by atoms with van der Waals surface area (Å²) in [5.74, 6) is -2.20. The van der Waals surface area contributed by atoms with Crippen molar-refractivity contribution in [2.75, 3.05) is 0 Å². The lowest BCUT2D eigenvalue weighted by Gasteiger charge is -2.07. The Morgan fingerprint density at radius 2 is 1.65 bits per heavy atom. The summed E-state index contributed by atoms with van der Waals surface area (Å²) in [6, 6.07) is 8.17. The van der Waals surface area contributed by atoms with Gasteiger partial charge >= 0.3 is 0 Å². The molecule has 0 spiro atoms. The number of aryl methyl sites for hydroxylation is 1. The van der Waals surface area contributed by atoms with Crippen LogP contribution < -0.4 is 0 Å². The number of hydrogen-bond donors (Lipinski definition) is 0. The van der Waals surface area contributed by atoms with Crippen molar-refractivity contribution in [3.8, 4) is 11.1 Å². The van der Waals surface area contributed by atoms with Crippen molar-refractivity contribution in [1.29, 1.82) is 0 Å². The predicted octanol–water partition coefficient (Wildman–Crippen LogP) is 5.46. The lowest BCUT2D eigenvalue weighted by Crippen LogP contribution is -1.93. The molecule has 0 aliphatic heterocycles. The third kappa shape index (κ3) is 4.95. The van der Waals surface area contributed by atoms with E-state index in [1.807, 2.05) is 0 Å². The highest BCUT2D eigenvalue weighted by molar-refractivity contribution is 5.75. The van der Waals surface area contributed by atoms with Crippen molar-refractivity contribution >= 4 is 5.78 Å². The molecule has 23 heavy (non-hydrogen) atoms. The fourth-order valence-electron chi connectivity index (χ4n) is 2.49. The van der Waals surface area contributed by atoms with Crippen molar-refractivity contribution in [1.82, 2.24) is 0 Å². The number of unbranched alkanes of at least 4 members (excludes halogenated alkanes) is 2. The summed E-state index contributed by atoms with van der Waals surface area (Å²) in [4.78, 5) is 10.8. The van der Waals surface area contributed by atoms with Crippen molar-refractivity contribution in [2.24, 2.45) is 0 Å². The van der Waals surface area contributed by atoms with E-state index in [2.05, 4.69) is 0 Å². The van der Waals surface area contributed by atoms with Gasteiger partial charge < -0.3 is 4.79 Å². The van der Waals surface area contributed by atoms with Gasteiger partial charge in [0.1, 0.15) is 11.6 Å². The van der Waals surface area contributed by atoms with Crippen LogP contribution in [0, 0.1) is 17.5 Å². The van der Waals surface area contributed by atoms with Gasteiger partial charge in [-0.2, -0.15) is 0 Å². The Labute approximate surface area is 134 Å². The van der Waals surface area contributed by atoms with E-state index < -0.39 is 17.5 Å². The molecule has 0 saturated carbocycles. The molecule has 0 aliphatic carbocycles. The quantitative estimate of drug-likeness (QED) is 0.619. The van der Waals surface area contributed by atoms with Crippen LogP contribution in [-0.4, -0.2) is 5.78 Å². The SMILES string of the molecule is CC(=O)CCCCCc1ccc(-c2ccc(F)c(F)c2)c(F)c1. The average Bonchev–Trinajstić information content (AvgIpc) is 2.50. The van der Waals surface area contributed by atoms with Crippen LogP contribution in [0.2, 0.25) is 0 Å². The number of benzene rings is 2. The molecule has 0 radical (unpaired) electrons. The zero-order valence-electron chi connectivity index (χ0n) is 13.0. The highest BCUT2D eigenvalue weighted by Gasteiger charge is 2.09. The van der Waals surface area contributed by atoms with Gasteiger partial charge in [0.15, 0.2) is 11.6 Å². The minimum atomic E-state index is -0.989. The van der Waals surface area contributed by atoms with E-state index in [4.69, 9.17) is 0 Å². The van der Waals surface area contributed by atoms with Gasteiger partial charge in [-0.25, -0.2) is 13.2 Å². The van der Waals surface area contributed by atoms with Gasteiger partial charge in [-0.1, -0.05) is 24.6 Å². The van der Waals surface area contributed by atoms with Gasteiger partial charge in [-0.15, -0.1) is 0 Å². The zero-order chi connectivity index (χ0) is 16.8. The molecule has 2 aromatic carbocycles. The summed E-state index contributed by atoms with van der Waals surface area (Å²) >= 11 is 0. The van der Waals surface area contributed by atoms with Crippen LogP contribution in [-0.2, 0) is 11.2 Å². The van der Waals surface area contributed by atoms with Gasteiger partial charge in [-0.05, 0) is 55.5 Å². The topological polar surface area (TPSA) is 17.1 Å². The molecular formula is C19H19F3O. The summed E-state index contributed by atoms with van der Waals surface area (Å²) in [6.07, 6.45) is 3.98. The Balaban J connectivity index is 2.00. The molecule has 0 aliphatic rings. The molecule has 122 valence electrons. The fraction of sp³-hybridized carbons (Fsp3) is 0.316. The maximum atomic E-state index is 14.2. The molecule has 0 heterocycles. The van der Waals surface area contributed by atoms with Crippen LogP contribution in [0.5, 0.6) is 0 Å². The Morgan fingerprint density at radius 1 is 0.870 bits per heavy atom. The molecule has 2 aromatic rings. The number of carbonyl (C=O) groups is 1. The lowest BCUT2D eigenvalue weighted by molar-refractivity contribution is -0.117. The first-order valence-electron chi connectivity index (χ1n) is 7.70. The molecule has 1 nitrogen and oxygen atoms in total. The van der Waals surface area contributed by atoms with Crippen molar-refractivity contribution in [2.45, 2.75) is 39.0 Å². The number of rotatable bonds is 7. The average molecular weight is 320 g/mol. The summed E-state index contributed by atoms with van der Waals surface area (Å²) in [5.41, 5.74) is 1.43. The fourth-order valence-corrected chi connectivity index (χ4v) is 2.49. The Morgan fingerprint density at radius 3 is 2.30 bits per heavy atom. The highest BCUT2D eigenvalue weighted by atomic mass is 19.2. The Kier molecular flexibility index (Phi) is 5.97. The lowest BCUT2D eigenvalue weighted by atomic mass is 10.00. The molecule has 0 N–H and O–H groups in total. The summed E-state index contributed by atoms with van der Waals surface area (Å²) < 4.78 is 40.4. The highest BCUT2D eigenvalue weighted by Crippen LogP contribution is 2.25. The summed E-state index contributed by atoms with van der Waals surface area (Å²) in [7, 11) is 0. The van der Waals surface area contributed by atoms with Crippen molar-refractivity contribution in [3.05, 3.63) is 59.4 Å². The molecular weight excluding hydrogens is 301 g/mol. The minimum absolute atomic E-state index is 0.187. The van der Waals surface area contributed by atoms with E-state index in [0.717, 1.165) is 43.4 Å². The molecule has 0 amide bonds. The van der Waals surface area contributed by atoms with Gasteiger partial charge in [0.25, 0.3) is 0 Å². The maximum absolute atomic E-state index is 14.2. The third-order valence-corrected chi connectivity index (χ3v) is 3.76. The number of Topliss-reactive ketones (excluding diaryl/α,β-unsaturated/α-hetero) is 1. The minimum Gasteiger partial charge on any atom is -0.300 e. The normalized spacial score (nSPS) is 10.8. The number of halogens is 3. The molecule has 0 aromatic heterocycles. The number of carbonyl (C=O) groups excluding carboxylic acids is 1. The van der Waals surface area contributed by atoms with E-state index in [1.165, 1.54) is 12.1 Å². The van der Waals surface area contributed by atoms with E-state index in [0.29, 0.717) is 12.0 Å². The molecule has 0 unspecified atom stereocenters. The van der Waals surface area contributed by atoms with Crippen molar-refractivity contribution < 1.29 is 18.0 Å². The van der Waals surface area contributed by atoms with Crippen LogP contribution in [0.3, 0.4) is 0 Å². The summed E-state index contributed by atoms with van der Waals surface area (Å²) in [6.45, 7) is 1.58. The molecule has 0 atom stereocenters. The second-order valence-corrected chi connectivity index (χ2v) is 5.71. The first-order chi connectivity index (χ1) is 11.0. The molecule has 0 fully saturated rings. The van der Waals surface area contributed by atoms with Gasteiger partial charge in [0.05, 0.1) is 0 Å². The van der Waals surface area contributed by atoms with Crippen LogP contribution in [0.25, 0.3) is 11.1 Å². The second kappa shape index (κ2) is 7.95. The zero-order valence-corrected chi connectivity index (χ0v) is 13.0. The first-order valence-corrected chi connectivity index (χ1v) is 7.70. The maximum Gasteiger partial charge on any atom is 0.159 e. The standard InChI is InChI=1S/C19H19F3O/c1-13(23)5-3-2-4-6-14-7-9-16(18(21)11-14)15-8-10-17(20)19(22)12-15/h7-12H,2-6H2,1H3. The Bertz CT molecular complexity index is 695. The second-order valence-electron chi connectivity index (χ2n) is 5.71. The largest absolute Gasteiger partial charge is 0.300 e. The van der Waals surface area contributed by atoms with Crippen molar-refractivity contribution in [3.63, 3.8) is 0 Å². The predicted molar refractivity (Wildman–Crippen MR) is 84.6 cm³/mol. The van der Waals surface area contributed by atoms with E-state index in [-0.39, 0.29) is 11.3 Å². The molecule has 0 saturated heterocycles. The summed E-state index contributed by atoms with van der Waals surface area (Å²) in [5, 5.41) is 0. The number of hydrogen-bond acceptors (Lipinski definition) is 1. The first kappa shape index (κ1) is 17.3. The molecule has 2 rings (SSSR count). The van der Waals surface area contributed by atoms with E-state index >= 15 is 0 Å². The van der Waals surface area contributed by atoms with Crippen LogP contribution >= 0.6 is 0 Å². The monoisotopic (exact) mass is 320 g/mol.